The molecule has 100 valence electrons. The topological polar surface area (TPSA) is 43.6 Å². The van der Waals surface area contributed by atoms with Crippen molar-refractivity contribution in [1.29, 1.82) is 0 Å². The molecule has 0 amide bonds. The summed E-state index contributed by atoms with van der Waals surface area (Å²) in [6, 6.07) is 13.8. The maximum absolute atomic E-state index is 4.67. The zero-order valence-electron chi connectivity index (χ0n) is 11.6. The van der Waals surface area contributed by atoms with E-state index in [2.05, 4.69) is 28.9 Å². The Morgan fingerprint density at radius 3 is 2.50 bits per heavy atom. The van der Waals surface area contributed by atoms with Crippen molar-refractivity contribution in [2.24, 2.45) is 0 Å². The monoisotopic (exact) mass is 264 g/mol. The lowest BCUT2D eigenvalue weighted by atomic mass is 10.1. The second-order valence-electron chi connectivity index (χ2n) is 4.92. The summed E-state index contributed by atoms with van der Waals surface area (Å²) in [5, 5.41) is 4.38. The lowest BCUT2D eigenvalue weighted by Gasteiger charge is -2.10. The van der Waals surface area contributed by atoms with Crippen LogP contribution in [-0.4, -0.2) is 19.7 Å². The van der Waals surface area contributed by atoms with Crippen LogP contribution in [0.2, 0.25) is 0 Å². The SMILES string of the molecule is CC(C)c1ccnn1-c1cccc(-c2ccccn2)n1. The molecule has 0 aromatic carbocycles. The van der Waals surface area contributed by atoms with E-state index in [9.17, 15) is 0 Å². The first-order chi connectivity index (χ1) is 9.75. The molecule has 0 unspecified atom stereocenters. The molecular formula is C16H16N4. The number of hydrogen-bond acceptors (Lipinski definition) is 3. The number of pyridine rings is 2. The van der Waals surface area contributed by atoms with Gasteiger partial charge in [0.2, 0.25) is 0 Å². The highest BCUT2D eigenvalue weighted by Crippen LogP contribution is 2.19. The summed E-state index contributed by atoms with van der Waals surface area (Å²) < 4.78 is 1.89. The van der Waals surface area contributed by atoms with E-state index in [1.165, 1.54) is 0 Å². The fourth-order valence-corrected chi connectivity index (χ4v) is 2.14. The summed E-state index contributed by atoms with van der Waals surface area (Å²) in [4.78, 5) is 9.00. The Hall–Kier alpha value is -2.49. The van der Waals surface area contributed by atoms with E-state index in [1.54, 1.807) is 6.20 Å². The molecule has 0 aliphatic rings. The molecule has 0 fully saturated rings. The third-order valence-corrected chi connectivity index (χ3v) is 3.14. The molecular weight excluding hydrogens is 248 g/mol. The van der Waals surface area contributed by atoms with Crippen molar-refractivity contribution in [1.82, 2.24) is 19.7 Å². The van der Waals surface area contributed by atoms with Gasteiger partial charge in [-0.2, -0.15) is 5.10 Å². The van der Waals surface area contributed by atoms with E-state index < -0.39 is 0 Å². The molecule has 3 heterocycles. The van der Waals surface area contributed by atoms with E-state index in [4.69, 9.17) is 0 Å². The van der Waals surface area contributed by atoms with Crippen molar-refractivity contribution in [3.63, 3.8) is 0 Å². The first-order valence-corrected chi connectivity index (χ1v) is 6.68. The fourth-order valence-electron chi connectivity index (χ4n) is 2.14. The number of nitrogens with zero attached hydrogens (tertiary/aromatic N) is 4. The second-order valence-corrected chi connectivity index (χ2v) is 4.92. The molecule has 0 spiro atoms. The lowest BCUT2D eigenvalue weighted by Crippen LogP contribution is -2.06. The Kier molecular flexibility index (Phi) is 3.29. The van der Waals surface area contributed by atoms with Crippen molar-refractivity contribution in [2.75, 3.05) is 0 Å². The fraction of sp³-hybridized carbons (Fsp3) is 0.188. The smallest absolute Gasteiger partial charge is 0.154 e. The molecule has 0 saturated carbocycles. The average molecular weight is 264 g/mol. The minimum atomic E-state index is 0.401. The normalized spacial score (nSPS) is 10.9. The molecule has 0 atom stereocenters. The van der Waals surface area contributed by atoms with E-state index >= 15 is 0 Å². The van der Waals surface area contributed by atoms with Crippen molar-refractivity contribution < 1.29 is 0 Å². The molecule has 0 N–H and O–H groups in total. The Morgan fingerprint density at radius 2 is 1.75 bits per heavy atom. The standard InChI is InChI=1S/C16H16N4/c1-12(2)15-9-11-18-20(15)16-8-5-7-14(19-16)13-6-3-4-10-17-13/h3-12H,1-2H3. The summed E-state index contributed by atoms with van der Waals surface area (Å²) in [6.07, 6.45) is 3.58. The average Bonchev–Trinajstić information content (AvgIpc) is 2.98. The molecule has 0 aliphatic carbocycles. The lowest BCUT2D eigenvalue weighted by molar-refractivity contribution is 0.721. The molecule has 4 nitrogen and oxygen atoms in total. The molecule has 0 bridgehead atoms. The van der Waals surface area contributed by atoms with E-state index in [-0.39, 0.29) is 0 Å². The van der Waals surface area contributed by atoms with Gasteiger partial charge in [-0.3, -0.25) is 4.98 Å². The zero-order valence-corrected chi connectivity index (χ0v) is 11.6. The van der Waals surface area contributed by atoms with Gasteiger partial charge in [0, 0.05) is 18.1 Å². The molecule has 0 aliphatic heterocycles. The van der Waals surface area contributed by atoms with Crippen LogP contribution in [0.25, 0.3) is 17.2 Å². The highest BCUT2D eigenvalue weighted by Gasteiger charge is 2.10. The number of hydrogen-bond donors (Lipinski definition) is 0. The van der Waals surface area contributed by atoms with Crippen LogP contribution >= 0.6 is 0 Å². The molecule has 20 heavy (non-hydrogen) atoms. The van der Waals surface area contributed by atoms with Crippen LogP contribution in [-0.2, 0) is 0 Å². The Morgan fingerprint density at radius 1 is 0.900 bits per heavy atom. The zero-order chi connectivity index (χ0) is 13.9. The predicted molar refractivity (Wildman–Crippen MR) is 78.7 cm³/mol. The molecule has 3 rings (SSSR count). The third-order valence-electron chi connectivity index (χ3n) is 3.14. The van der Waals surface area contributed by atoms with E-state index in [0.29, 0.717) is 5.92 Å². The van der Waals surface area contributed by atoms with Gasteiger partial charge >= 0.3 is 0 Å². The molecule has 4 heteroatoms. The van der Waals surface area contributed by atoms with Crippen LogP contribution in [0.5, 0.6) is 0 Å². The van der Waals surface area contributed by atoms with Crippen molar-refractivity contribution in [2.45, 2.75) is 19.8 Å². The van der Waals surface area contributed by atoms with Crippen LogP contribution in [0.1, 0.15) is 25.5 Å². The van der Waals surface area contributed by atoms with Crippen LogP contribution in [0, 0.1) is 0 Å². The largest absolute Gasteiger partial charge is 0.255 e. The summed E-state index contributed by atoms with van der Waals surface area (Å²) in [5.41, 5.74) is 2.87. The Bertz CT molecular complexity index is 701. The van der Waals surface area contributed by atoms with Gasteiger partial charge < -0.3 is 0 Å². The van der Waals surface area contributed by atoms with Crippen LogP contribution in [0.4, 0.5) is 0 Å². The minimum Gasteiger partial charge on any atom is -0.255 e. The summed E-state index contributed by atoms with van der Waals surface area (Å²) in [6.45, 7) is 4.30. The Labute approximate surface area is 118 Å². The number of rotatable bonds is 3. The highest BCUT2D eigenvalue weighted by molar-refractivity contribution is 5.54. The van der Waals surface area contributed by atoms with Gasteiger partial charge in [-0.05, 0) is 36.2 Å². The van der Waals surface area contributed by atoms with Gasteiger partial charge in [-0.1, -0.05) is 26.0 Å². The second kappa shape index (κ2) is 5.25. The van der Waals surface area contributed by atoms with Gasteiger partial charge in [0.15, 0.2) is 5.82 Å². The summed E-state index contributed by atoms with van der Waals surface area (Å²) in [7, 11) is 0. The van der Waals surface area contributed by atoms with E-state index in [0.717, 1.165) is 22.9 Å². The summed E-state index contributed by atoms with van der Waals surface area (Å²) >= 11 is 0. The number of aromatic nitrogens is 4. The van der Waals surface area contributed by atoms with Crippen LogP contribution in [0.15, 0.2) is 54.9 Å². The van der Waals surface area contributed by atoms with Crippen molar-refractivity contribution in [3.8, 4) is 17.2 Å². The molecule has 3 aromatic heterocycles. The van der Waals surface area contributed by atoms with Gasteiger partial charge in [0.05, 0.1) is 11.4 Å². The predicted octanol–water partition coefficient (Wildman–Crippen LogP) is 3.45. The first-order valence-electron chi connectivity index (χ1n) is 6.68. The van der Waals surface area contributed by atoms with E-state index in [1.807, 2.05) is 53.3 Å². The maximum Gasteiger partial charge on any atom is 0.154 e. The minimum absolute atomic E-state index is 0.401. The quantitative estimate of drug-likeness (QED) is 0.727. The van der Waals surface area contributed by atoms with Gasteiger partial charge in [-0.25, -0.2) is 9.67 Å². The maximum atomic E-state index is 4.67. The van der Waals surface area contributed by atoms with Crippen molar-refractivity contribution in [3.05, 3.63) is 60.6 Å². The van der Waals surface area contributed by atoms with Gasteiger partial charge in [0.25, 0.3) is 0 Å². The molecule has 0 radical (unpaired) electrons. The first kappa shape index (κ1) is 12.5. The van der Waals surface area contributed by atoms with Gasteiger partial charge in [-0.15, -0.1) is 0 Å². The highest BCUT2D eigenvalue weighted by atomic mass is 15.3. The molecule has 0 saturated heterocycles. The van der Waals surface area contributed by atoms with Gasteiger partial charge in [0.1, 0.15) is 0 Å². The molecule has 3 aromatic rings. The van der Waals surface area contributed by atoms with Crippen LogP contribution < -0.4 is 0 Å². The van der Waals surface area contributed by atoms with Crippen LogP contribution in [0.3, 0.4) is 0 Å². The Balaban J connectivity index is 2.06. The third kappa shape index (κ3) is 2.32. The summed E-state index contributed by atoms with van der Waals surface area (Å²) in [5.74, 6) is 1.22. The van der Waals surface area contributed by atoms with Crippen molar-refractivity contribution >= 4 is 0 Å².